The predicted octanol–water partition coefficient (Wildman–Crippen LogP) is 2.27. The number of halogens is 1. The summed E-state index contributed by atoms with van der Waals surface area (Å²) in [6, 6.07) is -0.0925. The van der Waals surface area contributed by atoms with Gasteiger partial charge in [0.1, 0.15) is 5.02 Å². The zero-order chi connectivity index (χ0) is 24.7. The van der Waals surface area contributed by atoms with Crippen LogP contribution >= 0.6 is 11.6 Å². The van der Waals surface area contributed by atoms with Crippen LogP contribution in [0.4, 0.5) is 17.5 Å². The summed E-state index contributed by atoms with van der Waals surface area (Å²) in [6.45, 7) is 10.7. The summed E-state index contributed by atoms with van der Waals surface area (Å²) >= 11 is 6.45. The summed E-state index contributed by atoms with van der Waals surface area (Å²) < 4.78 is 1.93. The second-order valence-corrected chi connectivity index (χ2v) is 11.3. The molecule has 35 heavy (non-hydrogen) atoms. The van der Waals surface area contributed by atoms with Crippen LogP contribution in [-0.4, -0.2) is 81.3 Å². The lowest BCUT2D eigenvalue weighted by molar-refractivity contribution is -0.139. The number of hydrogen-bond donors (Lipinski definition) is 3. The van der Waals surface area contributed by atoms with Crippen LogP contribution in [0.1, 0.15) is 26.7 Å². The largest absolute Gasteiger partial charge is 0.369 e. The number of fused-ring (bicyclic) bond motifs is 2. The third-order valence-corrected chi connectivity index (χ3v) is 8.77. The van der Waals surface area contributed by atoms with E-state index in [0.717, 1.165) is 57.8 Å². The molecule has 190 valence electrons. The number of hydrogen-bond acceptors (Lipinski definition) is 8. The molecule has 2 bridgehead atoms. The lowest BCUT2D eigenvalue weighted by Gasteiger charge is -2.62. The predicted molar refractivity (Wildman–Crippen MR) is 137 cm³/mol. The molecular weight excluding hydrogens is 466 g/mol. The first-order chi connectivity index (χ1) is 16.7. The van der Waals surface area contributed by atoms with E-state index in [1.807, 2.05) is 10.9 Å². The van der Waals surface area contributed by atoms with Crippen molar-refractivity contribution in [2.24, 2.45) is 28.9 Å². The highest BCUT2D eigenvalue weighted by molar-refractivity contribution is 6.32. The van der Waals surface area contributed by atoms with Gasteiger partial charge in [0.05, 0.1) is 30.5 Å². The van der Waals surface area contributed by atoms with Crippen molar-refractivity contribution in [2.75, 3.05) is 50.4 Å². The highest BCUT2D eigenvalue weighted by atomic mass is 35.5. The Bertz CT molecular complexity index is 1070. The van der Waals surface area contributed by atoms with Crippen molar-refractivity contribution >= 4 is 35.0 Å². The summed E-state index contributed by atoms with van der Waals surface area (Å²) in [5.74, 6) is 1.33. The van der Waals surface area contributed by atoms with E-state index in [1.54, 1.807) is 12.4 Å². The molecule has 10 nitrogen and oxygen atoms in total. The van der Waals surface area contributed by atoms with Gasteiger partial charge in [-0.2, -0.15) is 10.1 Å². The van der Waals surface area contributed by atoms with E-state index in [9.17, 15) is 4.79 Å². The zero-order valence-electron chi connectivity index (χ0n) is 20.7. The normalized spacial score (nSPS) is 28.3. The molecule has 1 saturated heterocycles. The van der Waals surface area contributed by atoms with E-state index >= 15 is 0 Å². The molecule has 3 aliphatic carbocycles. The van der Waals surface area contributed by atoms with Crippen LogP contribution in [0.2, 0.25) is 5.02 Å². The average molecular weight is 502 g/mol. The van der Waals surface area contributed by atoms with Crippen LogP contribution in [0, 0.1) is 23.2 Å². The van der Waals surface area contributed by atoms with Crippen molar-refractivity contribution in [3.8, 4) is 0 Å². The molecule has 4 N–H and O–H groups in total. The van der Waals surface area contributed by atoms with Crippen molar-refractivity contribution in [3.05, 3.63) is 23.6 Å². The number of likely N-dealkylation sites (N-methyl/N-ethyl adjacent to an activating group) is 1. The van der Waals surface area contributed by atoms with E-state index in [4.69, 9.17) is 17.3 Å². The summed E-state index contributed by atoms with van der Waals surface area (Å²) in [7, 11) is 2.16. The number of primary amides is 1. The van der Waals surface area contributed by atoms with Crippen molar-refractivity contribution in [1.82, 2.24) is 29.5 Å². The third kappa shape index (κ3) is 4.96. The Morgan fingerprint density at radius 2 is 1.97 bits per heavy atom. The molecular formula is C24H36ClN9O. The SMILES string of the molecule is CN1CCN(CCn2cc(Nc3ncc(Cl)c(N[C@H]4[C@@H](C(N)=O)C[C@H]5C[C@@H]4C5(C)C)n3)cn2)CC1. The maximum Gasteiger partial charge on any atom is 0.229 e. The van der Waals surface area contributed by atoms with Gasteiger partial charge in [0.2, 0.25) is 11.9 Å². The molecule has 3 saturated carbocycles. The van der Waals surface area contributed by atoms with E-state index in [1.165, 1.54) is 0 Å². The second kappa shape index (κ2) is 9.55. The van der Waals surface area contributed by atoms with Crippen LogP contribution in [0.5, 0.6) is 0 Å². The van der Waals surface area contributed by atoms with Gasteiger partial charge in [0.15, 0.2) is 5.82 Å². The first-order valence-electron chi connectivity index (χ1n) is 12.5. The summed E-state index contributed by atoms with van der Waals surface area (Å²) in [5, 5.41) is 11.6. The molecule has 0 radical (unpaired) electrons. The van der Waals surface area contributed by atoms with Gasteiger partial charge in [-0.15, -0.1) is 0 Å². The van der Waals surface area contributed by atoms with Gasteiger partial charge < -0.3 is 21.3 Å². The monoisotopic (exact) mass is 501 g/mol. The molecule has 2 aromatic heterocycles. The van der Waals surface area contributed by atoms with Crippen LogP contribution < -0.4 is 16.4 Å². The van der Waals surface area contributed by atoms with Gasteiger partial charge in [0.25, 0.3) is 0 Å². The maximum absolute atomic E-state index is 12.2. The lowest BCUT2D eigenvalue weighted by Crippen LogP contribution is -2.62. The molecule has 3 heterocycles. The van der Waals surface area contributed by atoms with Crippen LogP contribution in [0.25, 0.3) is 0 Å². The number of carbonyl (C=O) groups excluding carboxylic acids is 1. The smallest absolute Gasteiger partial charge is 0.229 e. The molecule has 0 spiro atoms. The fourth-order valence-corrected chi connectivity index (χ4v) is 6.12. The van der Waals surface area contributed by atoms with Crippen LogP contribution in [-0.2, 0) is 11.3 Å². The molecule has 1 amide bonds. The number of nitrogens with two attached hydrogens (primary N) is 1. The fraction of sp³-hybridized carbons (Fsp3) is 0.667. The molecule has 0 aromatic carbocycles. The number of aromatic nitrogens is 4. The van der Waals surface area contributed by atoms with E-state index in [0.29, 0.717) is 28.6 Å². The Morgan fingerprint density at radius 3 is 2.69 bits per heavy atom. The lowest BCUT2D eigenvalue weighted by atomic mass is 9.45. The van der Waals surface area contributed by atoms with E-state index in [2.05, 4.69) is 56.4 Å². The Balaban J connectivity index is 1.23. The first kappa shape index (κ1) is 24.3. The molecule has 1 aliphatic heterocycles. The standard InChI is InChI=1S/C24H36ClN9O/c1-24(2)15-10-17(21(26)35)20(18(24)11-15)30-22-19(25)13-27-23(31-22)29-16-12-28-34(14-16)9-8-33-6-4-32(3)5-7-33/h12-15,17-18,20H,4-11H2,1-3H3,(H2,26,35)(H2,27,29,30,31)/t15-,17-,18-,20-/m0/s1. The van der Waals surface area contributed by atoms with E-state index in [-0.39, 0.29) is 23.3 Å². The number of nitrogens with one attached hydrogen (secondary N) is 2. The van der Waals surface area contributed by atoms with Gasteiger partial charge in [-0.3, -0.25) is 14.4 Å². The Morgan fingerprint density at radius 1 is 1.20 bits per heavy atom. The average Bonchev–Trinajstić information content (AvgIpc) is 3.27. The highest BCUT2D eigenvalue weighted by Gasteiger charge is 2.59. The molecule has 4 aliphatic rings. The second-order valence-electron chi connectivity index (χ2n) is 10.9. The first-order valence-corrected chi connectivity index (χ1v) is 12.9. The number of rotatable bonds is 8. The number of nitrogens with zero attached hydrogens (tertiary/aromatic N) is 6. The maximum atomic E-state index is 12.2. The highest BCUT2D eigenvalue weighted by Crippen LogP contribution is 2.61. The van der Waals surface area contributed by atoms with E-state index < -0.39 is 0 Å². The Hall–Kier alpha value is -2.43. The zero-order valence-corrected chi connectivity index (χ0v) is 21.5. The molecule has 4 atom stereocenters. The molecule has 4 fully saturated rings. The molecule has 6 rings (SSSR count). The Kier molecular flexibility index (Phi) is 6.63. The number of piperazine rings is 1. The van der Waals surface area contributed by atoms with Crippen molar-refractivity contribution < 1.29 is 4.79 Å². The third-order valence-electron chi connectivity index (χ3n) is 8.50. The minimum Gasteiger partial charge on any atom is -0.369 e. The minimum atomic E-state index is -0.264. The quantitative estimate of drug-likeness (QED) is 0.504. The number of anilines is 3. The summed E-state index contributed by atoms with van der Waals surface area (Å²) in [5.41, 5.74) is 6.74. The van der Waals surface area contributed by atoms with Crippen molar-refractivity contribution in [2.45, 2.75) is 39.3 Å². The van der Waals surface area contributed by atoms with Gasteiger partial charge in [-0.1, -0.05) is 25.4 Å². The van der Waals surface area contributed by atoms with Gasteiger partial charge in [0, 0.05) is 45.0 Å². The summed E-state index contributed by atoms with van der Waals surface area (Å²) in [4.78, 5) is 26.0. The number of carbonyl (C=O) groups is 1. The Labute approximate surface area is 211 Å². The van der Waals surface area contributed by atoms with Crippen molar-refractivity contribution in [3.63, 3.8) is 0 Å². The topological polar surface area (TPSA) is 117 Å². The minimum absolute atomic E-state index is 0.0925. The van der Waals surface area contributed by atoms with Gasteiger partial charge in [-0.05, 0) is 37.1 Å². The van der Waals surface area contributed by atoms with Gasteiger partial charge >= 0.3 is 0 Å². The molecule has 11 heteroatoms. The van der Waals surface area contributed by atoms with Crippen LogP contribution in [0.3, 0.4) is 0 Å². The van der Waals surface area contributed by atoms with Gasteiger partial charge in [-0.25, -0.2) is 4.98 Å². The number of amides is 1. The molecule has 2 aromatic rings. The summed E-state index contributed by atoms with van der Waals surface area (Å²) in [6.07, 6.45) is 7.21. The van der Waals surface area contributed by atoms with Crippen molar-refractivity contribution in [1.29, 1.82) is 0 Å². The fourth-order valence-electron chi connectivity index (χ4n) is 5.97. The molecule has 0 unspecified atom stereocenters. The van der Waals surface area contributed by atoms with Crippen LogP contribution in [0.15, 0.2) is 18.6 Å².